The number of nitrogens with one attached hydrogen (secondary N) is 1. The number of pyridine rings is 1. The molecule has 0 aliphatic heterocycles. The molecule has 2 nitrogen and oxygen atoms in total. The van der Waals surface area contributed by atoms with Gasteiger partial charge in [0.15, 0.2) is 0 Å². The lowest BCUT2D eigenvalue weighted by molar-refractivity contribution is 0.571. The molecule has 0 fully saturated rings. The highest BCUT2D eigenvalue weighted by Crippen LogP contribution is 2.19. The molecule has 0 saturated heterocycles. The van der Waals surface area contributed by atoms with Gasteiger partial charge in [0.2, 0.25) is 0 Å². The lowest BCUT2D eigenvalue weighted by Gasteiger charge is -2.20. The number of aromatic nitrogens is 1. The van der Waals surface area contributed by atoms with Gasteiger partial charge in [-0.3, -0.25) is 4.98 Å². The summed E-state index contributed by atoms with van der Waals surface area (Å²) in [4.78, 5) is 4.03. The predicted molar refractivity (Wildman–Crippen MR) is 82.6 cm³/mol. The van der Waals surface area contributed by atoms with Gasteiger partial charge >= 0.3 is 0 Å². The molecule has 0 aromatic carbocycles. The third-order valence-corrected chi connectivity index (χ3v) is 4.81. The van der Waals surface area contributed by atoms with Crippen molar-refractivity contribution in [1.82, 2.24) is 10.3 Å². The molecule has 1 aromatic heterocycles. The normalized spacial score (nSPS) is 14.4. The first-order chi connectivity index (χ1) is 8.67. The summed E-state index contributed by atoms with van der Waals surface area (Å²) in [5.74, 6) is 1.13. The second-order valence-corrected chi connectivity index (χ2v) is 6.36. The number of likely N-dealkylation sites (N-methyl/N-ethyl adjacent to an activating group) is 1. The second-order valence-electron chi connectivity index (χ2n) is 4.48. The number of halogens is 1. The molecule has 0 aliphatic carbocycles. The van der Waals surface area contributed by atoms with Crippen LogP contribution in [0.15, 0.2) is 18.5 Å². The molecule has 0 bridgehead atoms. The molecule has 18 heavy (non-hydrogen) atoms. The van der Waals surface area contributed by atoms with E-state index in [9.17, 15) is 0 Å². The van der Waals surface area contributed by atoms with E-state index in [1.807, 2.05) is 24.0 Å². The molecule has 4 heteroatoms. The van der Waals surface area contributed by atoms with Gasteiger partial charge in [-0.25, -0.2) is 0 Å². The van der Waals surface area contributed by atoms with Gasteiger partial charge in [-0.2, -0.15) is 11.8 Å². The van der Waals surface area contributed by atoms with E-state index in [1.54, 1.807) is 6.20 Å². The molecule has 0 saturated carbocycles. The second kappa shape index (κ2) is 8.78. The van der Waals surface area contributed by atoms with Crippen LogP contribution in [0.25, 0.3) is 0 Å². The quantitative estimate of drug-likeness (QED) is 0.787. The van der Waals surface area contributed by atoms with Crippen molar-refractivity contribution in [2.45, 2.75) is 44.9 Å². The van der Waals surface area contributed by atoms with Gasteiger partial charge in [0.05, 0.1) is 5.02 Å². The zero-order valence-corrected chi connectivity index (χ0v) is 13.0. The summed E-state index contributed by atoms with van der Waals surface area (Å²) in [6.07, 6.45) is 5.73. The fraction of sp³-hybridized carbons (Fsp3) is 0.643. The lowest BCUT2D eigenvalue weighted by atomic mass is 10.1. The Hall–Kier alpha value is -0.250. The van der Waals surface area contributed by atoms with Crippen LogP contribution in [0.4, 0.5) is 0 Å². The molecular weight excluding hydrogens is 264 g/mol. The Labute approximate surface area is 120 Å². The van der Waals surface area contributed by atoms with Crippen LogP contribution in [0.5, 0.6) is 0 Å². The molecule has 0 radical (unpaired) electrons. The summed E-state index contributed by atoms with van der Waals surface area (Å²) in [6.45, 7) is 7.66. The first kappa shape index (κ1) is 15.8. The van der Waals surface area contributed by atoms with Gasteiger partial charge in [-0.1, -0.05) is 32.4 Å². The maximum atomic E-state index is 6.16. The van der Waals surface area contributed by atoms with E-state index in [4.69, 9.17) is 11.6 Å². The number of hydrogen-bond donors (Lipinski definition) is 1. The fourth-order valence-corrected chi connectivity index (χ4v) is 2.94. The highest BCUT2D eigenvalue weighted by molar-refractivity contribution is 7.99. The van der Waals surface area contributed by atoms with Crippen molar-refractivity contribution in [3.05, 3.63) is 29.0 Å². The summed E-state index contributed by atoms with van der Waals surface area (Å²) >= 11 is 8.19. The highest BCUT2D eigenvalue weighted by atomic mass is 35.5. The Morgan fingerprint density at radius 3 is 2.83 bits per heavy atom. The van der Waals surface area contributed by atoms with Gasteiger partial charge in [0, 0.05) is 29.4 Å². The zero-order valence-electron chi connectivity index (χ0n) is 11.4. The Bertz CT molecular complexity index is 346. The number of thioether (sulfide) groups is 1. The predicted octanol–water partition coefficient (Wildman–Crippen LogP) is 3.79. The van der Waals surface area contributed by atoms with Crippen molar-refractivity contribution >= 4 is 23.4 Å². The molecule has 2 unspecified atom stereocenters. The van der Waals surface area contributed by atoms with Crippen LogP contribution in [0, 0.1) is 0 Å². The van der Waals surface area contributed by atoms with Crippen molar-refractivity contribution in [1.29, 1.82) is 0 Å². The Kier molecular flexibility index (Phi) is 7.71. The smallest absolute Gasteiger partial charge is 0.0621 e. The monoisotopic (exact) mass is 286 g/mol. The average molecular weight is 287 g/mol. The number of nitrogens with zero attached hydrogens (tertiary/aromatic N) is 1. The van der Waals surface area contributed by atoms with Crippen molar-refractivity contribution < 1.29 is 0 Å². The maximum Gasteiger partial charge on any atom is 0.0621 e. The van der Waals surface area contributed by atoms with Gasteiger partial charge in [-0.05, 0) is 31.0 Å². The fourth-order valence-electron chi connectivity index (χ4n) is 1.71. The van der Waals surface area contributed by atoms with Crippen LogP contribution in [0.1, 0.15) is 32.8 Å². The topological polar surface area (TPSA) is 24.9 Å². The molecule has 1 N–H and O–H groups in total. The first-order valence-corrected chi connectivity index (χ1v) is 8.03. The minimum atomic E-state index is 0.480. The largest absolute Gasteiger partial charge is 0.313 e. The molecule has 1 rings (SSSR count). The summed E-state index contributed by atoms with van der Waals surface area (Å²) in [6, 6.07) is 2.49. The van der Waals surface area contributed by atoms with Gasteiger partial charge < -0.3 is 5.32 Å². The van der Waals surface area contributed by atoms with E-state index >= 15 is 0 Å². The molecular formula is C14H23ClN2S. The van der Waals surface area contributed by atoms with Crippen LogP contribution in [-0.4, -0.2) is 28.6 Å². The number of rotatable bonds is 8. The molecule has 0 aliphatic rings. The summed E-state index contributed by atoms with van der Waals surface area (Å²) in [7, 11) is 0. The van der Waals surface area contributed by atoms with Crippen molar-refractivity contribution in [3.63, 3.8) is 0 Å². The van der Waals surface area contributed by atoms with Crippen LogP contribution in [0.3, 0.4) is 0 Å². The van der Waals surface area contributed by atoms with E-state index in [1.165, 1.54) is 12.0 Å². The molecule has 2 atom stereocenters. The number of hydrogen-bond acceptors (Lipinski definition) is 3. The van der Waals surface area contributed by atoms with Crippen molar-refractivity contribution in [2.24, 2.45) is 0 Å². The Morgan fingerprint density at radius 1 is 1.44 bits per heavy atom. The van der Waals surface area contributed by atoms with Crippen LogP contribution < -0.4 is 5.32 Å². The Balaban J connectivity index is 2.54. The van der Waals surface area contributed by atoms with E-state index < -0.39 is 0 Å². The Morgan fingerprint density at radius 2 is 2.22 bits per heavy atom. The van der Waals surface area contributed by atoms with Crippen LogP contribution in [0.2, 0.25) is 5.02 Å². The standard InChI is InChI=1S/C14H23ClN2S/c1-4-11(3)18-10-13(17-5-2)8-12-6-7-16-9-14(12)15/h6-7,9,11,13,17H,4-5,8,10H2,1-3H3. The van der Waals surface area contributed by atoms with Gasteiger partial charge in [0.1, 0.15) is 0 Å². The minimum absolute atomic E-state index is 0.480. The molecule has 102 valence electrons. The lowest BCUT2D eigenvalue weighted by Crippen LogP contribution is -2.33. The molecule has 1 heterocycles. The third kappa shape index (κ3) is 5.59. The van der Waals surface area contributed by atoms with Crippen molar-refractivity contribution in [3.8, 4) is 0 Å². The maximum absolute atomic E-state index is 6.16. The van der Waals surface area contributed by atoms with E-state index in [-0.39, 0.29) is 0 Å². The summed E-state index contributed by atoms with van der Waals surface area (Å²) in [5, 5.41) is 5.03. The molecule has 0 amide bonds. The molecule has 1 aromatic rings. The van der Waals surface area contributed by atoms with E-state index in [2.05, 4.69) is 31.1 Å². The van der Waals surface area contributed by atoms with Crippen molar-refractivity contribution in [2.75, 3.05) is 12.3 Å². The van der Waals surface area contributed by atoms with Gasteiger partial charge in [0.25, 0.3) is 0 Å². The molecule has 0 spiro atoms. The highest BCUT2D eigenvalue weighted by Gasteiger charge is 2.12. The average Bonchev–Trinajstić information content (AvgIpc) is 2.38. The SMILES string of the molecule is CCNC(CSC(C)CC)Cc1ccncc1Cl. The summed E-state index contributed by atoms with van der Waals surface area (Å²) in [5.41, 5.74) is 1.18. The third-order valence-electron chi connectivity index (χ3n) is 2.97. The zero-order chi connectivity index (χ0) is 13.4. The van der Waals surface area contributed by atoms with E-state index in [0.717, 1.165) is 29.0 Å². The first-order valence-electron chi connectivity index (χ1n) is 6.60. The van der Waals surface area contributed by atoms with Crippen LogP contribution >= 0.6 is 23.4 Å². The summed E-state index contributed by atoms with van der Waals surface area (Å²) < 4.78 is 0. The van der Waals surface area contributed by atoms with Crippen LogP contribution in [-0.2, 0) is 6.42 Å². The minimum Gasteiger partial charge on any atom is -0.313 e. The van der Waals surface area contributed by atoms with Gasteiger partial charge in [-0.15, -0.1) is 0 Å². The van der Waals surface area contributed by atoms with E-state index in [0.29, 0.717) is 6.04 Å².